The highest BCUT2D eigenvalue weighted by atomic mass is 16.5. The van der Waals surface area contributed by atoms with Gasteiger partial charge in [-0.3, -0.25) is 9.59 Å². The molecule has 35 heavy (non-hydrogen) atoms. The number of hydrogen-bond donors (Lipinski definition) is 1. The largest absolute Gasteiger partial charge is 0.459 e. The Kier molecular flexibility index (Phi) is 7.91. The van der Waals surface area contributed by atoms with Crippen LogP contribution in [0.3, 0.4) is 0 Å². The number of nitrogens with zero attached hydrogens (tertiary/aromatic N) is 1. The summed E-state index contributed by atoms with van der Waals surface area (Å²) in [6.45, 7) is 4.50. The topological polar surface area (TPSA) is 106 Å². The number of aliphatic hydroxyl groups is 1. The maximum absolute atomic E-state index is 13.1. The Morgan fingerprint density at radius 3 is 2.63 bits per heavy atom. The van der Waals surface area contributed by atoms with Crippen LogP contribution < -0.4 is 0 Å². The molecule has 4 atom stereocenters. The number of furan rings is 1. The number of imide groups is 3. The van der Waals surface area contributed by atoms with E-state index in [-0.39, 0.29) is 18.6 Å². The predicted octanol–water partition coefficient (Wildman–Crippen LogP) is 4.62. The molecule has 1 aromatic heterocycles. The highest BCUT2D eigenvalue weighted by Crippen LogP contribution is 2.50. The SMILES string of the molecule is CCCC1=C2[C@@H](CC/C(=C/c3ccc(CO)o3)CCC)OC[C@@H]2[C@@H]2C(=O)N(C(=O)OC)C(=O)[C@@H]2C1. The molecule has 0 aromatic carbocycles. The van der Waals surface area contributed by atoms with Gasteiger partial charge in [-0.25, -0.2) is 4.79 Å². The van der Waals surface area contributed by atoms with Gasteiger partial charge in [0.1, 0.15) is 18.1 Å². The second kappa shape index (κ2) is 10.9. The second-order valence-corrected chi connectivity index (χ2v) is 9.61. The van der Waals surface area contributed by atoms with Crippen molar-refractivity contribution in [3.63, 3.8) is 0 Å². The Morgan fingerprint density at radius 2 is 1.97 bits per heavy atom. The number of aliphatic hydroxyl groups excluding tert-OH is 1. The molecule has 190 valence electrons. The third kappa shape index (κ3) is 4.86. The average Bonchev–Trinajstić information content (AvgIpc) is 3.54. The summed E-state index contributed by atoms with van der Waals surface area (Å²) >= 11 is 0. The zero-order valence-electron chi connectivity index (χ0n) is 20.7. The Balaban J connectivity index is 1.55. The Hall–Kier alpha value is -2.71. The third-order valence-electron chi connectivity index (χ3n) is 7.40. The van der Waals surface area contributed by atoms with Crippen molar-refractivity contribution in [2.75, 3.05) is 13.7 Å². The number of amides is 3. The summed E-state index contributed by atoms with van der Waals surface area (Å²) in [7, 11) is 1.18. The number of carbonyl (C=O) groups excluding carboxylic acids is 3. The zero-order chi connectivity index (χ0) is 25.1. The van der Waals surface area contributed by atoms with Crippen LogP contribution in [0.4, 0.5) is 4.79 Å². The van der Waals surface area contributed by atoms with E-state index in [2.05, 4.69) is 13.8 Å². The van der Waals surface area contributed by atoms with Gasteiger partial charge in [0.15, 0.2) is 0 Å². The summed E-state index contributed by atoms with van der Waals surface area (Å²) in [6.07, 6.45) is 6.84. The van der Waals surface area contributed by atoms with Gasteiger partial charge in [-0.15, -0.1) is 0 Å². The number of hydrogen-bond acceptors (Lipinski definition) is 7. The van der Waals surface area contributed by atoms with Crippen LogP contribution >= 0.6 is 0 Å². The Bertz CT molecular complexity index is 1040. The van der Waals surface area contributed by atoms with Gasteiger partial charge in [0.25, 0.3) is 0 Å². The lowest BCUT2D eigenvalue weighted by Crippen LogP contribution is -2.38. The first kappa shape index (κ1) is 25.4. The fraction of sp³-hybridized carbons (Fsp3) is 0.593. The lowest BCUT2D eigenvalue weighted by molar-refractivity contribution is -0.137. The van der Waals surface area contributed by atoms with Crippen molar-refractivity contribution >= 4 is 24.0 Å². The molecule has 2 fully saturated rings. The Morgan fingerprint density at radius 1 is 1.17 bits per heavy atom. The van der Waals surface area contributed by atoms with Gasteiger partial charge in [0.05, 0.1) is 31.7 Å². The van der Waals surface area contributed by atoms with Crippen LogP contribution in [0.5, 0.6) is 0 Å². The minimum atomic E-state index is -0.903. The van der Waals surface area contributed by atoms with Gasteiger partial charge in [-0.05, 0) is 55.9 Å². The van der Waals surface area contributed by atoms with E-state index >= 15 is 0 Å². The first-order valence-corrected chi connectivity index (χ1v) is 12.6. The summed E-state index contributed by atoms with van der Waals surface area (Å²) in [5, 5.41) is 9.26. The molecule has 8 nitrogen and oxygen atoms in total. The maximum Gasteiger partial charge on any atom is 0.423 e. The van der Waals surface area contributed by atoms with Crippen molar-refractivity contribution in [3.8, 4) is 0 Å². The van der Waals surface area contributed by atoms with E-state index < -0.39 is 29.7 Å². The van der Waals surface area contributed by atoms with Gasteiger partial charge < -0.3 is 19.0 Å². The first-order valence-electron chi connectivity index (χ1n) is 12.6. The maximum atomic E-state index is 13.1. The van der Waals surface area contributed by atoms with E-state index in [4.69, 9.17) is 13.9 Å². The molecule has 0 unspecified atom stereocenters. The van der Waals surface area contributed by atoms with Crippen LogP contribution in [0.15, 0.2) is 33.3 Å². The summed E-state index contributed by atoms with van der Waals surface area (Å²) in [5.41, 5.74) is 3.61. The zero-order valence-corrected chi connectivity index (χ0v) is 20.7. The van der Waals surface area contributed by atoms with E-state index in [9.17, 15) is 19.5 Å². The molecular formula is C27H35NO7. The summed E-state index contributed by atoms with van der Waals surface area (Å²) in [6, 6.07) is 3.64. The monoisotopic (exact) mass is 485 g/mol. The molecule has 2 saturated heterocycles. The number of rotatable bonds is 9. The molecule has 3 aliphatic rings. The van der Waals surface area contributed by atoms with Crippen LogP contribution in [0.2, 0.25) is 0 Å². The fourth-order valence-corrected chi connectivity index (χ4v) is 5.95. The van der Waals surface area contributed by atoms with Gasteiger partial charge in [0, 0.05) is 5.92 Å². The smallest absolute Gasteiger partial charge is 0.423 e. The van der Waals surface area contributed by atoms with Crippen LogP contribution in [0, 0.1) is 17.8 Å². The number of carbonyl (C=O) groups is 3. The second-order valence-electron chi connectivity index (χ2n) is 9.61. The number of methoxy groups -OCH3 is 1. The van der Waals surface area contributed by atoms with Crippen molar-refractivity contribution in [2.45, 2.75) is 71.5 Å². The minimum Gasteiger partial charge on any atom is -0.459 e. The molecule has 1 aromatic rings. The molecule has 1 aliphatic carbocycles. The highest BCUT2D eigenvalue weighted by Gasteiger charge is 2.58. The molecule has 8 heteroatoms. The molecule has 4 rings (SSSR count). The van der Waals surface area contributed by atoms with Gasteiger partial charge >= 0.3 is 6.09 Å². The fourth-order valence-electron chi connectivity index (χ4n) is 5.95. The number of fused-ring (bicyclic) bond motifs is 3. The molecule has 3 heterocycles. The number of ether oxygens (including phenoxy) is 2. The molecule has 0 spiro atoms. The van der Waals surface area contributed by atoms with E-state index in [1.165, 1.54) is 18.3 Å². The third-order valence-corrected chi connectivity index (χ3v) is 7.40. The van der Waals surface area contributed by atoms with E-state index in [1.807, 2.05) is 12.1 Å². The average molecular weight is 486 g/mol. The van der Waals surface area contributed by atoms with Crippen LogP contribution in [-0.4, -0.2) is 47.7 Å². The first-order chi connectivity index (χ1) is 16.9. The summed E-state index contributed by atoms with van der Waals surface area (Å²) in [4.78, 5) is 38.9. The van der Waals surface area contributed by atoms with E-state index in [1.54, 1.807) is 6.07 Å². The lowest BCUT2D eigenvalue weighted by Gasteiger charge is -2.31. The van der Waals surface area contributed by atoms with Gasteiger partial charge in [-0.1, -0.05) is 37.8 Å². The molecule has 0 saturated carbocycles. The number of likely N-dealkylation sites (tertiary alicyclic amines) is 1. The summed E-state index contributed by atoms with van der Waals surface area (Å²) < 4.78 is 16.6. The lowest BCUT2D eigenvalue weighted by atomic mass is 9.68. The highest BCUT2D eigenvalue weighted by molar-refractivity contribution is 6.16. The molecule has 0 radical (unpaired) electrons. The van der Waals surface area contributed by atoms with Gasteiger partial charge in [0.2, 0.25) is 11.8 Å². The standard InChI is InChI=1S/C27H35NO7/c1-4-6-16(12-18-9-10-19(14-29)35-18)8-11-22-23-17(7-5-2)13-20-24(21(23)15-34-22)26(31)28(25(20)30)27(32)33-3/h9-10,12,20-22,24,29H,4-8,11,13-15H2,1-3H3/b16-12+/t20-,21+,22-,24-/m1/s1. The number of allylic oxidation sites excluding steroid dienone is 2. The van der Waals surface area contributed by atoms with Crippen molar-refractivity contribution in [1.29, 1.82) is 0 Å². The van der Waals surface area contributed by atoms with Crippen molar-refractivity contribution in [1.82, 2.24) is 4.90 Å². The minimum absolute atomic E-state index is 0.109. The van der Waals surface area contributed by atoms with Crippen molar-refractivity contribution < 1.29 is 33.4 Å². The van der Waals surface area contributed by atoms with Crippen LogP contribution in [0.1, 0.15) is 70.3 Å². The predicted molar refractivity (Wildman–Crippen MR) is 128 cm³/mol. The molecule has 3 amide bonds. The van der Waals surface area contributed by atoms with Crippen molar-refractivity contribution in [3.05, 3.63) is 40.4 Å². The molecular weight excluding hydrogens is 450 g/mol. The van der Waals surface area contributed by atoms with E-state index in [0.717, 1.165) is 49.9 Å². The summed E-state index contributed by atoms with van der Waals surface area (Å²) in [5.74, 6) is -0.899. The molecule has 1 N–H and O–H groups in total. The van der Waals surface area contributed by atoms with Crippen LogP contribution in [-0.2, 0) is 25.7 Å². The van der Waals surface area contributed by atoms with Gasteiger partial charge in [-0.2, -0.15) is 4.90 Å². The quantitative estimate of drug-likeness (QED) is 0.402. The molecule has 0 bridgehead atoms. The Labute approximate surface area is 205 Å². The van der Waals surface area contributed by atoms with Crippen LogP contribution in [0.25, 0.3) is 6.08 Å². The van der Waals surface area contributed by atoms with E-state index in [0.29, 0.717) is 23.7 Å². The van der Waals surface area contributed by atoms with Crippen molar-refractivity contribution in [2.24, 2.45) is 17.8 Å². The normalized spacial score (nSPS) is 26.4. The molecule has 2 aliphatic heterocycles.